The fraction of sp³-hybridized carbons (Fsp3) is 0.400. The Labute approximate surface area is 170 Å². The van der Waals surface area contributed by atoms with E-state index in [9.17, 15) is 20.4 Å². The Balaban J connectivity index is 1.64. The first kappa shape index (κ1) is 19.8. The summed E-state index contributed by atoms with van der Waals surface area (Å²) < 4.78 is 13.7. The normalized spacial score (nSPS) is 28.0. The Morgan fingerprint density at radius 1 is 1.04 bits per heavy atom. The zero-order valence-corrected chi connectivity index (χ0v) is 16.8. The lowest BCUT2D eigenvalue weighted by molar-refractivity contribution is -0.231. The van der Waals surface area contributed by atoms with E-state index in [1.807, 2.05) is 12.1 Å². The Hall–Kier alpha value is -1.52. The maximum Gasteiger partial charge on any atom is 0.122 e. The molecule has 5 atom stereocenters. The molecule has 3 aromatic rings. The number of aliphatic hydroxyl groups is 4. The summed E-state index contributed by atoms with van der Waals surface area (Å²) in [7, 11) is 1.61. The molecule has 3 unspecified atom stereocenters. The lowest BCUT2D eigenvalue weighted by Gasteiger charge is -2.40. The molecule has 0 bridgehead atoms. The fourth-order valence-corrected chi connectivity index (χ4v) is 5.74. The number of thiophene rings is 2. The first-order chi connectivity index (χ1) is 13.5. The molecule has 150 valence electrons. The van der Waals surface area contributed by atoms with Crippen LogP contribution in [0.2, 0.25) is 0 Å². The van der Waals surface area contributed by atoms with Crippen molar-refractivity contribution in [1.82, 2.24) is 0 Å². The Morgan fingerprint density at radius 3 is 2.57 bits per heavy atom. The highest BCUT2D eigenvalue weighted by atomic mass is 32.1. The lowest BCUT2D eigenvalue weighted by atomic mass is 9.90. The highest BCUT2D eigenvalue weighted by Gasteiger charge is 2.44. The Morgan fingerprint density at radius 2 is 1.86 bits per heavy atom. The number of rotatable bonds is 5. The molecule has 0 radical (unpaired) electrons. The second-order valence-electron chi connectivity index (χ2n) is 6.86. The van der Waals surface area contributed by atoms with Gasteiger partial charge in [-0.15, -0.1) is 22.7 Å². The van der Waals surface area contributed by atoms with Crippen molar-refractivity contribution in [3.05, 3.63) is 51.7 Å². The topological polar surface area (TPSA) is 99.4 Å². The predicted molar refractivity (Wildman–Crippen MR) is 108 cm³/mol. The van der Waals surface area contributed by atoms with Gasteiger partial charge in [0.25, 0.3) is 0 Å². The molecule has 1 saturated heterocycles. The van der Waals surface area contributed by atoms with E-state index in [0.29, 0.717) is 12.0 Å². The minimum atomic E-state index is -1.40. The second kappa shape index (κ2) is 8.08. The zero-order valence-electron chi connectivity index (χ0n) is 15.2. The van der Waals surface area contributed by atoms with Crippen LogP contribution in [0.5, 0.6) is 5.75 Å². The van der Waals surface area contributed by atoms with Gasteiger partial charge < -0.3 is 29.9 Å². The molecule has 0 aliphatic carbocycles. The van der Waals surface area contributed by atoms with Crippen molar-refractivity contribution < 1.29 is 29.9 Å². The maximum absolute atomic E-state index is 10.4. The van der Waals surface area contributed by atoms with E-state index in [-0.39, 0.29) is 0 Å². The van der Waals surface area contributed by atoms with Crippen LogP contribution < -0.4 is 4.74 Å². The number of benzene rings is 1. The molecule has 8 heteroatoms. The van der Waals surface area contributed by atoms with Crippen molar-refractivity contribution in [1.29, 1.82) is 0 Å². The van der Waals surface area contributed by atoms with Gasteiger partial charge in [0.05, 0.1) is 13.7 Å². The Bertz CT molecular complexity index is 921. The van der Waals surface area contributed by atoms with E-state index < -0.39 is 37.1 Å². The predicted octanol–water partition coefficient (Wildman–Crippen LogP) is 2.08. The monoisotopic (exact) mass is 422 g/mol. The summed E-state index contributed by atoms with van der Waals surface area (Å²) in [4.78, 5) is 1.20. The van der Waals surface area contributed by atoms with Crippen LogP contribution in [0.25, 0.3) is 9.40 Å². The van der Waals surface area contributed by atoms with Crippen molar-refractivity contribution in [3.63, 3.8) is 0 Å². The van der Waals surface area contributed by atoms with Gasteiger partial charge in [-0.05, 0) is 40.8 Å². The summed E-state index contributed by atoms with van der Waals surface area (Å²) >= 11 is 3.44. The molecule has 1 aliphatic heterocycles. The standard InChI is InChI=1S/C20H22O6S2/c1-25-13-3-2-10(20-19(24)18(23)17(22)14(9-21)26-20)6-11(13)7-12-8-16-15(28-12)4-5-27-16/h2-6,8,14,17-24H,7,9H2,1H3/t14?,17-,18?,19-,20?/m1/s1. The summed E-state index contributed by atoms with van der Waals surface area (Å²) in [5.41, 5.74) is 1.59. The Kier molecular flexibility index (Phi) is 5.71. The van der Waals surface area contributed by atoms with Gasteiger partial charge >= 0.3 is 0 Å². The summed E-state index contributed by atoms with van der Waals surface area (Å²) in [6.45, 7) is -0.448. The van der Waals surface area contributed by atoms with Gasteiger partial charge in [0.1, 0.15) is 36.3 Å². The molecule has 1 aromatic carbocycles. The molecule has 0 amide bonds. The van der Waals surface area contributed by atoms with Gasteiger partial charge in [-0.2, -0.15) is 0 Å². The highest BCUT2D eigenvalue weighted by molar-refractivity contribution is 7.26. The van der Waals surface area contributed by atoms with Crippen molar-refractivity contribution >= 4 is 32.1 Å². The molecule has 3 heterocycles. The van der Waals surface area contributed by atoms with E-state index in [4.69, 9.17) is 9.47 Å². The third-order valence-corrected chi connectivity index (χ3v) is 7.17. The SMILES string of the molecule is COc1ccc(C2OC(CO)[C@@H](O)C(O)[C@H]2O)cc1Cc1cc2sccc2s1. The van der Waals surface area contributed by atoms with Gasteiger partial charge in [-0.3, -0.25) is 0 Å². The minimum absolute atomic E-state index is 0.448. The van der Waals surface area contributed by atoms with Crippen molar-refractivity contribution in [3.8, 4) is 5.75 Å². The van der Waals surface area contributed by atoms with Gasteiger partial charge in [0.2, 0.25) is 0 Å². The van der Waals surface area contributed by atoms with Gasteiger partial charge in [0, 0.05) is 20.7 Å². The third kappa shape index (κ3) is 3.57. The van der Waals surface area contributed by atoms with E-state index in [1.165, 1.54) is 14.3 Å². The third-order valence-electron chi connectivity index (χ3n) is 5.08. The molecular weight excluding hydrogens is 400 g/mol. The van der Waals surface area contributed by atoms with Crippen molar-refractivity contribution in [2.75, 3.05) is 13.7 Å². The van der Waals surface area contributed by atoms with Crippen molar-refractivity contribution in [2.45, 2.75) is 36.9 Å². The summed E-state index contributed by atoms with van der Waals surface area (Å²) in [6, 6.07) is 9.74. The molecule has 4 rings (SSSR count). The molecule has 2 aromatic heterocycles. The highest BCUT2D eigenvalue weighted by Crippen LogP contribution is 2.37. The first-order valence-corrected chi connectivity index (χ1v) is 10.6. The van der Waals surface area contributed by atoms with Crippen LogP contribution in [-0.2, 0) is 11.2 Å². The quantitative estimate of drug-likeness (QED) is 0.503. The van der Waals surface area contributed by atoms with Crippen molar-refractivity contribution in [2.24, 2.45) is 0 Å². The van der Waals surface area contributed by atoms with Gasteiger partial charge in [-0.25, -0.2) is 0 Å². The average Bonchev–Trinajstić information content (AvgIpc) is 3.28. The van der Waals surface area contributed by atoms with Crippen LogP contribution in [0, 0.1) is 0 Å². The largest absolute Gasteiger partial charge is 0.496 e. The minimum Gasteiger partial charge on any atom is -0.496 e. The number of ether oxygens (including phenoxy) is 2. The number of methoxy groups -OCH3 is 1. The summed E-state index contributed by atoms with van der Waals surface area (Å²) in [6.07, 6.45) is -5.18. The van der Waals surface area contributed by atoms with Crippen LogP contribution in [0.3, 0.4) is 0 Å². The number of hydrogen-bond donors (Lipinski definition) is 4. The molecule has 0 saturated carbocycles. The molecule has 1 aliphatic rings. The van der Waals surface area contributed by atoms with Crippen LogP contribution in [0.15, 0.2) is 35.7 Å². The smallest absolute Gasteiger partial charge is 0.122 e. The van der Waals surface area contributed by atoms with Crippen LogP contribution in [-0.4, -0.2) is 58.6 Å². The van der Waals surface area contributed by atoms with Crippen LogP contribution in [0.1, 0.15) is 22.1 Å². The van der Waals surface area contributed by atoms with E-state index >= 15 is 0 Å². The molecule has 4 N–H and O–H groups in total. The van der Waals surface area contributed by atoms with Gasteiger partial charge in [-0.1, -0.05) is 6.07 Å². The van der Waals surface area contributed by atoms with E-state index in [0.717, 1.165) is 11.3 Å². The van der Waals surface area contributed by atoms with E-state index in [1.54, 1.807) is 35.8 Å². The number of fused-ring (bicyclic) bond motifs is 1. The maximum atomic E-state index is 10.4. The fourth-order valence-electron chi connectivity index (χ4n) is 3.58. The van der Waals surface area contributed by atoms with Crippen LogP contribution in [0.4, 0.5) is 0 Å². The first-order valence-electron chi connectivity index (χ1n) is 8.95. The molecular formula is C20H22O6S2. The molecule has 0 spiro atoms. The molecule has 28 heavy (non-hydrogen) atoms. The number of aliphatic hydroxyl groups excluding tert-OH is 4. The van der Waals surface area contributed by atoms with E-state index in [2.05, 4.69) is 17.5 Å². The average molecular weight is 423 g/mol. The summed E-state index contributed by atoms with van der Waals surface area (Å²) in [5, 5.41) is 42.0. The van der Waals surface area contributed by atoms with Crippen LogP contribution >= 0.6 is 22.7 Å². The molecule has 6 nitrogen and oxygen atoms in total. The lowest BCUT2D eigenvalue weighted by Crippen LogP contribution is -2.55. The molecule has 1 fully saturated rings. The zero-order chi connectivity index (χ0) is 19.8. The summed E-state index contributed by atoms with van der Waals surface area (Å²) in [5.74, 6) is 0.727. The number of hydrogen-bond acceptors (Lipinski definition) is 8. The van der Waals surface area contributed by atoms with Gasteiger partial charge in [0.15, 0.2) is 0 Å². The second-order valence-corrected chi connectivity index (χ2v) is 8.98.